The molecule has 0 fully saturated rings. The molecule has 1 atom stereocenters. The number of benzene rings is 2. The van der Waals surface area contributed by atoms with Gasteiger partial charge in [0.25, 0.3) is 0 Å². The lowest BCUT2D eigenvalue weighted by atomic mass is 10.2. The monoisotopic (exact) mass is 257 g/mol. The molecule has 1 heterocycles. The minimum Gasteiger partial charge on any atom is -0.257 e. The summed E-state index contributed by atoms with van der Waals surface area (Å²) < 4.78 is 0. The van der Waals surface area contributed by atoms with Crippen molar-refractivity contribution < 1.29 is 0 Å². The molecule has 1 aliphatic rings. The fraction of sp³-hybridized carbons (Fsp3) is 0.0714. The summed E-state index contributed by atoms with van der Waals surface area (Å²) in [7, 11) is 3.58. The van der Waals surface area contributed by atoms with Gasteiger partial charge in [0, 0.05) is 5.56 Å². The number of hydrogen-bond acceptors (Lipinski definition) is 3. The Morgan fingerprint density at radius 3 is 2.18 bits per heavy atom. The van der Waals surface area contributed by atoms with Crippen LogP contribution in [0.15, 0.2) is 65.7 Å². The van der Waals surface area contributed by atoms with E-state index in [1.54, 1.807) is 10.8 Å². The lowest BCUT2D eigenvalue weighted by Gasteiger charge is -2.03. The minimum atomic E-state index is 0.233. The third kappa shape index (κ3) is 2.40. The Morgan fingerprint density at radius 2 is 1.47 bits per heavy atom. The van der Waals surface area contributed by atoms with Gasteiger partial charge in [-0.1, -0.05) is 71.5 Å². The van der Waals surface area contributed by atoms with Gasteiger partial charge in [-0.05, 0) is 16.4 Å². The first kappa shape index (κ1) is 10.9. The van der Waals surface area contributed by atoms with Crippen molar-refractivity contribution in [1.82, 2.24) is 0 Å². The van der Waals surface area contributed by atoms with E-state index in [4.69, 9.17) is 4.99 Å². The van der Waals surface area contributed by atoms with E-state index in [1.165, 1.54) is 11.1 Å². The second-order valence-electron chi connectivity index (χ2n) is 3.74. The second-order valence-corrected chi connectivity index (χ2v) is 6.01. The molecule has 0 bridgehead atoms. The van der Waals surface area contributed by atoms with Crippen LogP contribution in [0.1, 0.15) is 16.5 Å². The van der Waals surface area contributed by atoms with Crippen LogP contribution in [0.2, 0.25) is 0 Å². The second kappa shape index (κ2) is 4.98. The van der Waals surface area contributed by atoms with E-state index >= 15 is 0 Å². The zero-order valence-corrected chi connectivity index (χ0v) is 10.7. The fourth-order valence-electron chi connectivity index (χ4n) is 1.69. The van der Waals surface area contributed by atoms with Crippen LogP contribution < -0.4 is 0 Å². The van der Waals surface area contributed by atoms with E-state index in [1.807, 2.05) is 22.9 Å². The third-order valence-electron chi connectivity index (χ3n) is 2.56. The van der Waals surface area contributed by atoms with Crippen molar-refractivity contribution in [2.24, 2.45) is 4.99 Å². The molecule has 0 saturated carbocycles. The molecule has 0 aliphatic carbocycles. The van der Waals surface area contributed by atoms with Gasteiger partial charge in [0.2, 0.25) is 0 Å². The van der Waals surface area contributed by atoms with Crippen molar-refractivity contribution in [3.8, 4) is 0 Å². The van der Waals surface area contributed by atoms with E-state index in [2.05, 4.69) is 48.5 Å². The number of aliphatic imine (C=N–C) groups is 1. The van der Waals surface area contributed by atoms with Gasteiger partial charge in [-0.3, -0.25) is 4.99 Å². The largest absolute Gasteiger partial charge is 0.257 e. The Labute approximate surface area is 109 Å². The van der Waals surface area contributed by atoms with Crippen molar-refractivity contribution in [2.45, 2.75) is 5.37 Å². The van der Waals surface area contributed by atoms with E-state index in [9.17, 15) is 0 Å². The molecule has 0 amide bonds. The Kier molecular flexibility index (Phi) is 3.20. The number of nitrogens with zero attached hydrogens (tertiary/aromatic N) is 1. The third-order valence-corrected chi connectivity index (χ3v) is 5.02. The molecule has 0 N–H and O–H groups in total. The molecule has 0 saturated heterocycles. The summed E-state index contributed by atoms with van der Waals surface area (Å²) in [4.78, 5) is 4.77. The quantitative estimate of drug-likeness (QED) is 0.733. The summed E-state index contributed by atoms with van der Waals surface area (Å²) in [5.74, 6) is 0. The number of rotatable bonds is 2. The topological polar surface area (TPSA) is 12.4 Å². The van der Waals surface area contributed by atoms with Crippen LogP contribution in [-0.4, -0.2) is 5.04 Å². The lowest BCUT2D eigenvalue weighted by Crippen LogP contribution is -1.90. The summed E-state index contributed by atoms with van der Waals surface area (Å²) in [6, 6.07) is 20.8. The maximum atomic E-state index is 4.77. The zero-order valence-electron chi connectivity index (χ0n) is 9.11. The fourth-order valence-corrected chi connectivity index (χ4v) is 4.17. The average Bonchev–Trinajstić information content (AvgIpc) is 2.90. The molecule has 17 heavy (non-hydrogen) atoms. The Morgan fingerprint density at radius 1 is 0.824 bits per heavy atom. The molecule has 84 valence electrons. The first-order valence-corrected chi connectivity index (χ1v) is 7.66. The van der Waals surface area contributed by atoms with Gasteiger partial charge >= 0.3 is 0 Å². The first-order valence-electron chi connectivity index (χ1n) is 5.45. The predicted molar refractivity (Wildman–Crippen MR) is 77.3 cm³/mol. The van der Waals surface area contributed by atoms with Crippen molar-refractivity contribution in [1.29, 1.82) is 0 Å². The molecule has 1 aliphatic heterocycles. The SMILES string of the molecule is c1ccc(C2=NC(c3ccccc3)SS2)cc1. The Bertz CT molecular complexity index is 522. The smallest absolute Gasteiger partial charge is 0.132 e. The van der Waals surface area contributed by atoms with Gasteiger partial charge in [0.1, 0.15) is 10.4 Å². The maximum absolute atomic E-state index is 4.77. The van der Waals surface area contributed by atoms with Gasteiger partial charge in [-0.25, -0.2) is 0 Å². The van der Waals surface area contributed by atoms with Crippen molar-refractivity contribution in [2.75, 3.05) is 0 Å². The molecule has 3 heteroatoms. The van der Waals surface area contributed by atoms with Crippen LogP contribution >= 0.6 is 21.6 Å². The standard InChI is InChI=1S/C14H11NS2/c1-3-7-11(8-4-1)13-15-14(17-16-13)12-9-5-2-6-10-12/h1-10,13H. The van der Waals surface area contributed by atoms with Crippen molar-refractivity contribution in [3.63, 3.8) is 0 Å². The Balaban J connectivity index is 1.87. The molecule has 1 nitrogen and oxygen atoms in total. The lowest BCUT2D eigenvalue weighted by molar-refractivity contribution is 1.05. The molecule has 0 spiro atoms. The summed E-state index contributed by atoms with van der Waals surface area (Å²) in [5.41, 5.74) is 2.49. The van der Waals surface area contributed by atoms with Crippen LogP contribution in [-0.2, 0) is 0 Å². The molecule has 1 unspecified atom stereocenters. The molecular weight excluding hydrogens is 246 g/mol. The molecule has 2 aromatic rings. The highest BCUT2D eigenvalue weighted by Gasteiger charge is 2.21. The predicted octanol–water partition coefficient (Wildman–Crippen LogP) is 4.53. The molecular formula is C14H11NS2. The normalized spacial score (nSPS) is 19.1. The Hall–Kier alpha value is -1.19. The van der Waals surface area contributed by atoms with E-state index in [0.29, 0.717) is 0 Å². The molecule has 0 radical (unpaired) electrons. The van der Waals surface area contributed by atoms with Gasteiger partial charge in [-0.2, -0.15) is 0 Å². The highest BCUT2D eigenvalue weighted by atomic mass is 33.1. The highest BCUT2D eigenvalue weighted by Crippen LogP contribution is 2.47. The van der Waals surface area contributed by atoms with Crippen LogP contribution in [0.4, 0.5) is 0 Å². The van der Waals surface area contributed by atoms with Crippen molar-refractivity contribution >= 4 is 26.6 Å². The van der Waals surface area contributed by atoms with Gasteiger partial charge in [0.05, 0.1) is 0 Å². The van der Waals surface area contributed by atoms with Crippen LogP contribution in [0.5, 0.6) is 0 Å². The molecule has 3 rings (SSSR count). The van der Waals surface area contributed by atoms with Crippen LogP contribution in [0.3, 0.4) is 0 Å². The zero-order chi connectivity index (χ0) is 11.5. The van der Waals surface area contributed by atoms with E-state index < -0.39 is 0 Å². The van der Waals surface area contributed by atoms with Crippen LogP contribution in [0.25, 0.3) is 0 Å². The molecule has 2 aromatic carbocycles. The van der Waals surface area contributed by atoms with E-state index in [0.717, 1.165) is 5.04 Å². The summed E-state index contributed by atoms with van der Waals surface area (Å²) in [6.45, 7) is 0. The first-order chi connectivity index (χ1) is 8.43. The average molecular weight is 257 g/mol. The number of hydrogen-bond donors (Lipinski definition) is 0. The highest BCUT2D eigenvalue weighted by molar-refractivity contribution is 8.82. The van der Waals surface area contributed by atoms with Gasteiger partial charge < -0.3 is 0 Å². The van der Waals surface area contributed by atoms with Gasteiger partial charge in [0.15, 0.2) is 0 Å². The van der Waals surface area contributed by atoms with E-state index in [-0.39, 0.29) is 5.37 Å². The maximum Gasteiger partial charge on any atom is 0.132 e. The summed E-state index contributed by atoms with van der Waals surface area (Å²) in [5, 5.41) is 1.36. The summed E-state index contributed by atoms with van der Waals surface area (Å²) in [6.07, 6.45) is 0. The summed E-state index contributed by atoms with van der Waals surface area (Å²) >= 11 is 0. The van der Waals surface area contributed by atoms with Crippen LogP contribution in [0, 0.1) is 0 Å². The van der Waals surface area contributed by atoms with Crippen molar-refractivity contribution in [3.05, 3.63) is 71.8 Å². The van der Waals surface area contributed by atoms with Gasteiger partial charge in [-0.15, -0.1) is 0 Å². The molecule has 0 aromatic heterocycles. The minimum absolute atomic E-state index is 0.233.